The van der Waals surface area contributed by atoms with E-state index in [1.165, 1.54) is 11.3 Å². The normalized spacial score (nSPS) is 11.1. The second-order valence-corrected chi connectivity index (χ2v) is 6.10. The summed E-state index contributed by atoms with van der Waals surface area (Å²) in [6.07, 6.45) is 1.88. The monoisotopic (exact) mass is 315 g/mol. The third kappa shape index (κ3) is 2.69. The minimum Gasteiger partial charge on any atom is -0.497 e. The van der Waals surface area contributed by atoms with Gasteiger partial charge in [0, 0.05) is 23.2 Å². The van der Waals surface area contributed by atoms with Crippen LogP contribution in [-0.2, 0) is 0 Å². The van der Waals surface area contributed by atoms with Crippen molar-refractivity contribution in [3.8, 4) is 17.0 Å². The largest absolute Gasteiger partial charge is 0.497 e. The highest BCUT2D eigenvalue weighted by atomic mass is 32.1. The predicted octanol–water partition coefficient (Wildman–Crippen LogP) is 3.21. The second kappa shape index (κ2) is 5.81. The molecular formula is C16H17N3O2S. The lowest BCUT2D eigenvalue weighted by Gasteiger charge is -2.06. The SMILES string of the molecule is COc1cccc(-c2cn3c(C(=O)NC(C)C)csc3n2)c1. The number of hydrogen-bond acceptors (Lipinski definition) is 4. The molecule has 2 heterocycles. The molecule has 0 fully saturated rings. The number of nitrogens with zero attached hydrogens (tertiary/aromatic N) is 2. The number of fused-ring (bicyclic) bond motifs is 1. The zero-order chi connectivity index (χ0) is 15.7. The van der Waals surface area contributed by atoms with E-state index in [-0.39, 0.29) is 11.9 Å². The molecule has 0 unspecified atom stereocenters. The molecule has 3 aromatic rings. The van der Waals surface area contributed by atoms with E-state index in [2.05, 4.69) is 10.3 Å². The Kier molecular flexibility index (Phi) is 3.85. The maximum Gasteiger partial charge on any atom is 0.269 e. The minimum atomic E-state index is -0.0872. The lowest BCUT2D eigenvalue weighted by Crippen LogP contribution is -2.30. The number of ether oxygens (including phenoxy) is 1. The number of aromatic nitrogens is 2. The quantitative estimate of drug-likeness (QED) is 0.804. The molecule has 0 radical (unpaired) electrons. The van der Waals surface area contributed by atoms with Crippen molar-refractivity contribution >= 4 is 22.2 Å². The first-order valence-corrected chi connectivity index (χ1v) is 7.88. The van der Waals surface area contributed by atoms with Gasteiger partial charge in [0.05, 0.1) is 12.8 Å². The van der Waals surface area contributed by atoms with Gasteiger partial charge >= 0.3 is 0 Å². The minimum absolute atomic E-state index is 0.0872. The molecule has 5 nitrogen and oxygen atoms in total. The van der Waals surface area contributed by atoms with E-state index in [1.54, 1.807) is 7.11 Å². The highest BCUT2D eigenvalue weighted by Gasteiger charge is 2.15. The highest BCUT2D eigenvalue weighted by Crippen LogP contribution is 2.26. The molecular weight excluding hydrogens is 298 g/mol. The van der Waals surface area contributed by atoms with Crippen LogP contribution in [0.25, 0.3) is 16.2 Å². The Morgan fingerprint density at radius 3 is 2.95 bits per heavy atom. The van der Waals surface area contributed by atoms with Crippen LogP contribution in [0.3, 0.4) is 0 Å². The van der Waals surface area contributed by atoms with Crippen molar-refractivity contribution < 1.29 is 9.53 Å². The average Bonchev–Trinajstić information content (AvgIpc) is 3.06. The van der Waals surface area contributed by atoms with Gasteiger partial charge in [-0.1, -0.05) is 12.1 Å². The number of rotatable bonds is 4. The van der Waals surface area contributed by atoms with E-state index in [0.717, 1.165) is 22.0 Å². The lowest BCUT2D eigenvalue weighted by atomic mass is 10.1. The fourth-order valence-electron chi connectivity index (χ4n) is 2.20. The Morgan fingerprint density at radius 1 is 1.41 bits per heavy atom. The topological polar surface area (TPSA) is 55.6 Å². The fraction of sp³-hybridized carbons (Fsp3) is 0.250. The molecule has 0 atom stereocenters. The van der Waals surface area contributed by atoms with E-state index in [0.29, 0.717) is 5.69 Å². The second-order valence-electron chi connectivity index (χ2n) is 5.26. The molecule has 0 aliphatic heterocycles. The molecule has 0 aliphatic rings. The summed E-state index contributed by atoms with van der Waals surface area (Å²) >= 11 is 1.45. The van der Waals surface area contributed by atoms with Gasteiger partial charge in [-0.2, -0.15) is 0 Å². The van der Waals surface area contributed by atoms with Crippen LogP contribution < -0.4 is 10.1 Å². The van der Waals surface area contributed by atoms with Gasteiger partial charge < -0.3 is 10.1 Å². The first kappa shape index (κ1) is 14.6. The molecule has 0 aliphatic carbocycles. The van der Waals surface area contributed by atoms with Crippen LogP contribution in [0, 0.1) is 0 Å². The third-order valence-corrected chi connectivity index (χ3v) is 4.07. The van der Waals surface area contributed by atoms with Gasteiger partial charge in [-0.3, -0.25) is 9.20 Å². The van der Waals surface area contributed by atoms with Crippen LogP contribution in [0.4, 0.5) is 0 Å². The Balaban J connectivity index is 2.00. The van der Waals surface area contributed by atoms with E-state index in [1.807, 2.05) is 54.1 Å². The number of thiazole rings is 1. The van der Waals surface area contributed by atoms with E-state index >= 15 is 0 Å². The van der Waals surface area contributed by atoms with E-state index < -0.39 is 0 Å². The molecule has 22 heavy (non-hydrogen) atoms. The highest BCUT2D eigenvalue weighted by molar-refractivity contribution is 7.15. The number of nitrogens with one attached hydrogen (secondary N) is 1. The molecule has 0 bridgehead atoms. The molecule has 0 saturated heterocycles. The Bertz CT molecular complexity index is 820. The van der Waals surface area contributed by atoms with Gasteiger partial charge in [0.15, 0.2) is 4.96 Å². The first-order valence-electron chi connectivity index (χ1n) is 7.00. The summed E-state index contributed by atoms with van der Waals surface area (Å²) in [5, 5.41) is 4.73. The molecule has 3 rings (SSSR count). The third-order valence-electron chi connectivity index (χ3n) is 3.23. The van der Waals surface area contributed by atoms with Crippen LogP contribution in [0.15, 0.2) is 35.8 Å². The van der Waals surface area contributed by atoms with Crippen molar-refractivity contribution in [2.45, 2.75) is 19.9 Å². The van der Waals surface area contributed by atoms with Gasteiger partial charge in [0.1, 0.15) is 11.4 Å². The van der Waals surface area contributed by atoms with Crippen molar-refractivity contribution in [1.82, 2.24) is 14.7 Å². The molecule has 1 aromatic carbocycles. The number of carbonyl (C=O) groups excluding carboxylic acids is 1. The van der Waals surface area contributed by atoms with Gasteiger partial charge in [0.25, 0.3) is 5.91 Å². The summed E-state index contributed by atoms with van der Waals surface area (Å²) in [4.78, 5) is 17.6. The zero-order valence-corrected chi connectivity index (χ0v) is 13.5. The summed E-state index contributed by atoms with van der Waals surface area (Å²) in [7, 11) is 1.64. The van der Waals surface area contributed by atoms with Crippen molar-refractivity contribution in [2.75, 3.05) is 7.11 Å². The Hall–Kier alpha value is -2.34. The number of hydrogen-bond donors (Lipinski definition) is 1. The van der Waals surface area contributed by atoms with Crippen LogP contribution in [0.2, 0.25) is 0 Å². The number of methoxy groups -OCH3 is 1. The Morgan fingerprint density at radius 2 is 2.23 bits per heavy atom. The average molecular weight is 315 g/mol. The van der Waals surface area contributed by atoms with Crippen molar-refractivity contribution in [1.29, 1.82) is 0 Å². The Labute approximate surface area is 132 Å². The molecule has 2 aromatic heterocycles. The van der Waals surface area contributed by atoms with Crippen molar-refractivity contribution in [2.24, 2.45) is 0 Å². The first-order chi connectivity index (χ1) is 10.6. The van der Waals surface area contributed by atoms with Crippen LogP contribution in [0.5, 0.6) is 5.75 Å². The lowest BCUT2D eigenvalue weighted by molar-refractivity contribution is 0.0937. The maximum absolute atomic E-state index is 12.2. The molecule has 0 saturated carbocycles. The van der Waals surface area contributed by atoms with E-state index in [4.69, 9.17) is 4.74 Å². The number of imidazole rings is 1. The summed E-state index contributed by atoms with van der Waals surface area (Å²) in [5.41, 5.74) is 2.39. The molecule has 114 valence electrons. The van der Waals surface area contributed by atoms with Crippen molar-refractivity contribution in [3.05, 3.63) is 41.5 Å². The maximum atomic E-state index is 12.2. The fourth-order valence-corrected chi connectivity index (χ4v) is 3.06. The smallest absolute Gasteiger partial charge is 0.269 e. The zero-order valence-electron chi connectivity index (χ0n) is 12.7. The summed E-state index contributed by atoms with van der Waals surface area (Å²) in [5.74, 6) is 0.697. The van der Waals surface area contributed by atoms with Crippen molar-refractivity contribution in [3.63, 3.8) is 0 Å². The molecule has 6 heteroatoms. The van der Waals surface area contributed by atoms with Crippen LogP contribution in [-0.4, -0.2) is 28.4 Å². The summed E-state index contributed by atoms with van der Waals surface area (Å²) < 4.78 is 7.07. The van der Waals surface area contributed by atoms with Gasteiger partial charge in [0.2, 0.25) is 0 Å². The number of benzene rings is 1. The van der Waals surface area contributed by atoms with Crippen LogP contribution in [0.1, 0.15) is 24.3 Å². The molecule has 0 spiro atoms. The summed E-state index contributed by atoms with van der Waals surface area (Å²) in [6, 6.07) is 7.82. The predicted molar refractivity (Wildman–Crippen MR) is 87.7 cm³/mol. The number of amides is 1. The molecule has 1 N–H and O–H groups in total. The molecule has 1 amide bonds. The standard InChI is InChI=1S/C16H17N3O2S/c1-10(2)17-15(20)14-9-22-16-18-13(8-19(14)16)11-5-4-6-12(7-11)21-3/h4-10H,1-3H3,(H,17,20). The van der Waals surface area contributed by atoms with Gasteiger partial charge in [-0.25, -0.2) is 4.98 Å². The van der Waals surface area contributed by atoms with E-state index in [9.17, 15) is 4.79 Å². The summed E-state index contributed by atoms with van der Waals surface area (Å²) in [6.45, 7) is 3.88. The van der Waals surface area contributed by atoms with Gasteiger partial charge in [-0.05, 0) is 26.0 Å². The van der Waals surface area contributed by atoms with Crippen LogP contribution >= 0.6 is 11.3 Å². The number of carbonyl (C=O) groups is 1. The van der Waals surface area contributed by atoms with Gasteiger partial charge in [-0.15, -0.1) is 11.3 Å².